The number of hydrogen-bond acceptors (Lipinski definition) is 4. The highest BCUT2D eigenvalue weighted by Crippen LogP contribution is 2.36. The van der Waals surface area contributed by atoms with Gasteiger partial charge in [-0.3, -0.25) is 0 Å². The molecule has 0 unspecified atom stereocenters. The highest BCUT2D eigenvalue weighted by atomic mass is 16.5. The molecule has 0 atom stereocenters. The molecule has 0 spiro atoms. The van der Waals surface area contributed by atoms with E-state index in [9.17, 15) is 0 Å². The smallest absolute Gasteiger partial charge is 0.168 e. The van der Waals surface area contributed by atoms with Gasteiger partial charge in [-0.1, -0.05) is 30.3 Å². The summed E-state index contributed by atoms with van der Waals surface area (Å²) in [7, 11) is 0. The van der Waals surface area contributed by atoms with Crippen LogP contribution in [0, 0.1) is 0 Å². The molecule has 0 aliphatic rings. The van der Waals surface area contributed by atoms with Gasteiger partial charge in [-0.25, -0.2) is 0 Å². The van der Waals surface area contributed by atoms with E-state index in [1.165, 1.54) is 0 Å². The Morgan fingerprint density at radius 2 is 1.33 bits per heavy atom. The number of hydrogen-bond donors (Lipinski definition) is 2. The van der Waals surface area contributed by atoms with Crippen molar-refractivity contribution in [2.24, 2.45) is 0 Å². The van der Waals surface area contributed by atoms with Gasteiger partial charge in [0.25, 0.3) is 0 Å². The van der Waals surface area contributed by atoms with Crippen LogP contribution >= 0.6 is 0 Å². The molecule has 0 saturated heterocycles. The number of aliphatic hydroxyl groups is 2. The van der Waals surface area contributed by atoms with Crippen LogP contribution in [-0.4, -0.2) is 36.6 Å². The van der Waals surface area contributed by atoms with Crippen molar-refractivity contribution in [3.63, 3.8) is 0 Å². The van der Waals surface area contributed by atoms with Crippen LogP contribution in [0.15, 0.2) is 36.4 Å². The number of unbranched alkanes of at least 4 members (excludes halogenated alkanes) is 4. The Morgan fingerprint density at radius 1 is 0.667 bits per heavy atom. The zero-order chi connectivity index (χ0) is 17.0. The highest BCUT2D eigenvalue weighted by molar-refractivity contribution is 5.90. The number of rotatable bonds is 12. The Balaban J connectivity index is 2.03. The van der Waals surface area contributed by atoms with Crippen molar-refractivity contribution < 1.29 is 19.7 Å². The Morgan fingerprint density at radius 3 is 2.04 bits per heavy atom. The van der Waals surface area contributed by atoms with Gasteiger partial charge in [0.15, 0.2) is 11.5 Å². The van der Waals surface area contributed by atoms with E-state index in [1.54, 1.807) is 0 Å². The van der Waals surface area contributed by atoms with E-state index in [1.807, 2.05) is 18.2 Å². The van der Waals surface area contributed by atoms with E-state index in [0.717, 1.165) is 60.8 Å². The van der Waals surface area contributed by atoms with E-state index >= 15 is 0 Å². The van der Waals surface area contributed by atoms with Gasteiger partial charge < -0.3 is 19.7 Å². The van der Waals surface area contributed by atoms with Crippen LogP contribution in [-0.2, 0) is 0 Å². The van der Waals surface area contributed by atoms with Gasteiger partial charge in [0.2, 0.25) is 0 Å². The summed E-state index contributed by atoms with van der Waals surface area (Å²) in [6.45, 7) is 1.71. The number of benzene rings is 2. The summed E-state index contributed by atoms with van der Waals surface area (Å²) in [6, 6.07) is 12.2. The first-order valence-corrected chi connectivity index (χ1v) is 8.86. The van der Waals surface area contributed by atoms with E-state index in [4.69, 9.17) is 19.7 Å². The minimum atomic E-state index is 0.233. The topological polar surface area (TPSA) is 58.9 Å². The molecule has 2 N–H and O–H groups in total. The molecular weight excluding hydrogens is 304 g/mol. The van der Waals surface area contributed by atoms with Gasteiger partial charge in [0.05, 0.1) is 13.2 Å². The molecule has 0 amide bonds. The number of ether oxygens (including phenoxy) is 2. The van der Waals surface area contributed by atoms with Crippen LogP contribution in [0.1, 0.15) is 38.5 Å². The zero-order valence-electron chi connectivity index (χ0n) is 14.2. The third kappa shape index (κ3) is 5.69. The maximum absolute atomic E-state index is 8.85. The molecule has 2 aromatic carbocycles. The third-order valence-corrected chi connectivity index (χ3v) is 3.95. The summed E-state index contributed by atoms with van der Waals surface area (Å²) in [5.41, 5.74) is 0. The van der Waals surface area contributed by atoms with Crippen molar-refractivity contribution in [2.75, 3.05) is 26.4 Å². The third-order valence-electron chi connectivity index (χ3n) is 3.95. The van der Waals surface area contributed by atoms with Crippen molar-refractivity contribution >= 4 is 10.8 Å². The summed E-state index contributed by atoms with van der Waals surface area (Å²) < 4.78 is 12.0. The summed E-state index contributed by atoms with van der Waals surface area (Å²) >= 11 is 0. The lowest BCUT2D eigenvalue weighted by molar-refractivity contribution is 0.245. The van der Waals surface area contributed by atoms with Crippen LogP contribution in [0.25, 0.3) is 10.8 Å². The van der Waals surface area contributed by atoms with Gasteiger partial charge in [0, 0.05) is 18.6 Å². The second-order valence-electron chi connectivity index (χ2n) is 5.88. The molecule has 2 aromatic rings. The molecule has 0 fully saturated rings. The van der Waals surface area contributed by atoms with Gasteiger partial charge in [0.1, 0.15) is 0 Å². The standard InChI is InChI=1S/C20H28O4/c21-13-5-1-7-15-23-19-12-11-17-9-3-4-10-18(17)20(19)24-16-8-2-6-14-22/h3-4,9-12,21-22H,1-2,5-8,13-16H2. The average molecular weight is 332 g/mol. The second-order valence-corrected chi connectivity index (χ2v) is 5.88. The van der Waals surface area contributed by atoms with Crippen molar-refractivity contribution in [2.45, 2.75) is 38.5 Å². The molecule has 0 radical (unpaired) electrons. The van der Waals surface area contributed by atoms with Crippen LogP contribution < -0.4 is 9.47 Å². The molecule has 0 saturated carbocycles. The van der Waals surface area contributed by atoms with Crippen LogP contribution in [0.3, 0.4) is 0 Å². The number of fused-ring (bicyclic) bond motifs is 1. The predicted molar refractivity (Wildman–Crippen MR) is 96.8 cm³/mol. The Bertz CT molecular complexity index is 597. The van der Waals surface area contributed by atoms with E-state index in [2.05, 4.69) is 18.2 Å². The minimum Gasteiger partial charge on any atom is -0.490 e. The molecule has 24 heavy (non-hydrogen) atoms. The number of aliphatic hydroxyl groups excluding tert-OH is 2. The van der Waals surface area contributed by atoms with Crippen LogP contribution in [0.4, 0.5) is 0 Å². The fourth-order valence-electron chi connectivity index (χ4n) is 2.62. The average Bonchev–Trinajstić information content (AvgIpc) is 2.62. The molecule has 0 aliphatic carbocycles. The van der Waals surface area contributed by atoms with Crippen LogP contribution in [0.5, 0.6) is 11.5 Å². The summed E-state index contributed by atoms with van der Waals surface area (Å²) in [6.07, 6.45) is 5.38. The molecule has 2 rings (SSSR count). The molecule has 0 aliphatic heterocycles. The quantitative estimate of drug-likeness (QED) is 0.578. The molecule has 0 bridgehead atoms. The summed E-state index contributed by atoms with van der Waals surface area (Å²) in [4.78, 5) is 0. The molecule has 132 valence electrons. The first-order chi connectivity index (χ1) is 11.9. The fraction of sp³-hybridized carbons (Fsp3) is 0.500. The fourth-order valence-corrected chi connectivity index (χ4v) is 2.62. The van der Waals surface area contributed by atoms with Crippen molar-refractivity contribution in [3.8, 4) is 11.5 Å². The summed E-state index contributed by atoms with van der Waals surface area (Å²) in [5.74, 6) is 1.58. The minimum absolute atomic E-state index is 0.233. The Hall–Kier alpha value is -1.78. The lowest BCUT2D eigenvalue weighted by atomic mass is 10.1. The maximum Gasteiger partial charge on any atom is 0.168 e. The van der Waals surface area contributed by atoms with Crippen LogP contribution in [0.2, 0.25) is 0 Å². The Labute approximate surface area is 144 Å². The molecular formula is C20H28O4. The maximum atomic E-state index is 8.85. The van der Waals surface area contributed by atoms with Crippen molar-refractivity contribution in [1.82, 2.24) is 0 Å². The van der Waals surface area contributed by atoms with Gasteiger partial charge in [-0.15, -0.1) is 0 Å². The largest absolute Gasteiger partial charge is 0.490 e. The Kier molecular flexibility index (Phi) is 8.42. The second kappa shape index (κ2) is 10.9. The first-order valence-electron chi connectivity index (χ1n) is 8.86. The SMILES string of the molecule is OCCCCCOc1ccc2ccccc2c1OCCCCCO. The molecule has 4 heteroatoms. The first kappa shape index (κ1) is 18.6. The zero-order valence-corrected chi connectivity index (χ0v) is 14.2. The van der Waals surface area contributed by atoms with Gasteiger partial charge >= 0.3 is 0 Å². The molecule has 0 aromatic heterocycles. The predicted octanol–water partition coefficient (Wildman–Crippen LogP) is 3.92. The monoisotopic (exact) mass is 332 g/mol. The van der Waals surface area contributed by atoms with E-state index < -0.39 is 0 Å². The van der Waals surface area contributed by atoms with Gasteiger partial charge in [-0.05, 0) is 50.0 Å². The summed E-state index contributed by atoms with van der Waals surface area (Å²) in [5, 5.41) is 19.9. The van der Waals surface area contributed by atoms with Crippen molar-refractivity contribution in [1.29, 1.82) is 0 Å². The van der Waals surface area contributed by atoms with Crippen molar-refractivity contribution in [3.05, 3.63) is 36.4 Å². The van der Waals surface area contributed by atoms with E-state index in [0.29, 0.717) is 13.2 Å². The molecule has 0 heterocycles. The highest BCUT2D eigenvalue weighted by Gasteiger charge is 2.10. The normalized spacial score (nSPS) is 10.9. The van der Waals surface area contributed by atoms with E-state index in [-0.39, 0.29) is 13.2 Å². The lowest BCUT2D eigenvalue weighted by Crippen LogP contribution is -2.03. The molecule has 4 nitrogen and oxygen atoms in total. The lowest BCUT2D eigenvalue weighted by Gasteiger charge is -2.15. The van der Waals surface area contributed by atoms with Gasteiger partial charge in [-0.2, -0.15) is 0 Å².